The zero-order valence-electron chi connectivity index (χ0n) is 9.77. The van der Waals surface area contributed by atoms with Gasteiger partial charge in [-0.25, -0.2) is 0 Å². The predicted molar refractivity (Wildman–Crippen MR) is 67.3 cm³/mol. The average molecular weight is 254 g/mol. The van der Waals surface area contributed by atoms with Crippen LogP contribution in [0.2, 0.25) is 5.02 Å². The van der Waals surface area contributed by atoms with Crippen molar-refractivity contribution in [3.05, 3.63) is 34.9 Å². The van der Waals surface area contributed by atoms with Crippen molar-refractivity contribution in [1.82, 2.24) is 4.90 Å². The van der Waals surface area contributed by atoms with Gasteiger partial charge in [-0.05, 0) is 37.1 Å². The van der Waals surface area contributed by atoms with Crippen molar-refractivity contribution >= 4 is 17.6 Å². The first-order valence-corrected chi connectivity index (χ1v) is 6.10. The molecule has 4 heteroatoms. The summed E-state index contributed by atoms with van der Waals surface area (Å²) >= 11 is 5.83. The average Bonchev–Trinajstić information content (AvgIpc) is 2.63. The van der Waals surface area contributed by atoms with Crippen LogP contribution in [-0.2, 0) is 11.2 Å². The van der Waals surface area contributed by atoms with E-state index in [1.807, 2.05) is 31.3 Å². The molecule has 0 aliphatic carbocycles. The molecule has 0 radical (unpaired) electrons. The summed E-state index contributed by atoms with van der Waals surface area (Å²) in [6, 6.07) is 7.65. The van der Waals surface area contributed by atoms with E-state index >= 15 is 0 Å². The molecule has 1 saturated heterocycles. The second kappa shape index (κ2) is 5.07. The van der Waals surface area contributed by atoms with E-state index in [9.17, 15) is 9.90 Å². The minimum absolute atomic E-state index is 0.193. The first kappa shape index (κ1) is 12.4. The fraction of sp³-hybridized carbons (Fsp3) is 0.462. The molecular weight excluding hydrogens is 238 g/mol. The van der Waals surface area contributed by atoms with Gasteiger partial charge >= 0.3 is 5.97 Å². The lowest BCUT2D eigenvalue weighted by Gasteiger charge is -2.14. The Balaban J connectivity index is 2.07. The van der Waals surface area contributed by atoms with Gasteiger partial charge in [0.25, 0.3) is 0 Å². The topological polar surface area (TPSA) is 40.5 Å². The summed E-state index contributed by atoms with van der Waals surface area (Å²) in [4.78, 5) is 13.2. The molecule has 2 rings (SSSR count). The fourth-order valence-corrected chi connectivity index (χ4v) is 2.62. The molecule has 1 heterocycles. The van der Waals surface area contributed by atoms with Crippen molar-refractivity contribution in [2.24, 2.45) is 11.8 Å². The summed E-state index contributed by atoms with van der Waals surface area (Å²) in [6.45, 7) is 1.49. The Kier molecular flexibility index (Phi) is 3.69. The lowest BCUT2D eigenvalue weighted by molar-refractivity contribution is -0.142. The van der Waals surface area contributed by atoms with E-state index in [0.717, 1.165) is 18.5 Å². The molecule has 1 aliphatic rings. The number of benzene rings is 1. The summed E-state index contributed by atoms with van der Waals surface area (Å²) in [6.07, 6.45) is 0.804. The molecule has 0 aromatic heterocycles. The van der Waals surface area contributed by atoms with Crippen LogP contribution in [0.3, 0.4) is 0 Å². The van der Waals surface area contributed by atoms with Gasteiger partial charge in [-0.1, -0.05) is 23.7 Å². The van der Waals surface area contributed by atoms with Gasteiger partial charge in [0.15, 0.2) is 0 Å². The number of carboxylic acid groups (broad SMARTS) is 1. The number of hydrogen-bond acceptors (Lipinski definition) is 2. The second-order valence-corrected chi connectivity index (χ2v) is 5.19. The number of halogens is 1. The SMILES string of the molecule is CN1CC(Cc2ccc(Cl)cc2)C(C(=O)O)C1. The highest BCUT2D eigenvalue weighted by Crippen LogP contribution is 2.26. The van der Waals surface area contributed by atoms with Crippen LogP contribution in [-0.4, -0.2) is 36.1 Å². The monoisotopic (exact) mass is 253 g/mol. The maximum Gasteiger partial charge on any atom is 0.308 e. The third-order valence-electron chi connectivity index (χ3n) is 3.35. The van der Waals surface area contributed by atoms with Gasteiger partial charge in [0.1, 0.15) is 0 Å². The Morgan fingerprint density at radius 2 is 2.06 bits per heavy atom. The van der Waals surface area contributed by atoms with Gasteiger partial charge in [0.05, 0.1) is 5.92 Å². The summed E-state index contributed by atoms with van der Waals surface area (Å²) < 4.78 is 0. The van der Waals surface area contributed by atoms with Crippen LogP contribution in [0.4, 0.5) is 0 Å². The maximum atomic E-state index is 11.2. The Bertz CT molecular complexity index is 404. The predicted octanol–water partition coefficient (Wildman–Crippen LogP) is 2.14. The van der Waals surface area contributed by atoms with Crippen molar-refractivity contribution in [2.45, 2.75) is 6.42 Å². The van der Waals surface area contributed by atoms with Crippen LogP contribution in [0.15, 0.2) is 24.3 Å². The van der Waals surface area contributed by atoms with E-state index in [-0.39, 0.29) is 11.8 Å². The molecule has 0 amide bonds. The van der Waals surface area contributed by atoms with Gasteiger partial charge < -0.3 is 10.0 Å². The van der Waals surface area contributed by atoms with Crippen molar-refractivity contribution in [3.63, 3.8) is 0 Å². The molecule has 1 aromatic carbocycles. The molecule has 92 valence electrons. The van der Waals surface area contributed by atoms with Gasteiger partial charge in [-0.3, -0.25) is 4.79 Å². The largest absolute Gasteiger partial charge is 0.481 e. The second-order valence-electron chi connectivity index (χ2n) is 4.76. The lowest BCUT2D eigenvalue weighted by Crippen LogP contribution is -2.23. The number of rotatable bonds is 3. The lowest BCUT2D eigenvalue weighted by atomic mass is 9.90. The minimum atomic E-state index is -0.687. The summed E-state index contributed by atoms with van der Waals surface area (Å²) in [5.41, 5.74) is 1.15. The molecular formula is C13H16ClNO2. The number of aliphatic carboxylic acids is 1. The molecule has 1 N–H and O–H groups in total. The molecule has 0 saturated carbocycles. The van der Waals surface area contributed by atoms with Crippen LogP contribution < -0.4 is 0 Å². The first-order chi connectivity index (χ1) is 8.06. The number of hydrogen-bond donors (Lipinski definition) is 1. The quantitative estimate of drug-likeness (QED) is 0.897. The fourth-order valence-electron chi connectivity index (χ4n) is 2.50. The number of carboxylic acids is 1. The van der Waals surface area contributed by atoms with Gasteiger partial charge in [0, 0.05) is 18.1 Å². The number of nitrogens with zero attached hydrogens (tertiary/aromatic N) is 1. The highest BCUT2D eigenvalue weighted by molar-refractivity contribution is 6.30. The van der Waals surface area contributed by atoms with Crippen LogP contribution in [0.25, 0.3) is 0 Å². The van der Waals surface area contributed by atoms with Crippen LogP contribution in [0.1, 0.15) is 5.56 Å². The molecule has 2 atom stereocenters. The normalized spacial score (nSPS) is 25.1. The summed E-state index contributed by atoms with van der Waals surface area (Å²) in [7, 11) is 1.97. The summed E-state index contributed by atoms with van der Waals surface area (Å²) in [5, 5.41) is 9.89. The Morgan fingerprint density at radius 3 is 2.65 bits per heavy atom. The van der Waals surface area contributed by atoms with Crippen molar-refractivity contribution in [2.75, 3.05) is 20.1 Å². The van der Waals surface area contributed by atoms with E-state index < -0.39 is 5.97 Å². The van der Waals surface area contributed by atoms with Gasteiger partial charge in [-0.2, -0.15) is 0 Å². The Hall–Kier alpha value is -1.06. The highest BCUT2D eigenvalue weighted by atomic mass is 35.5. The first-order valence-electron chi connectivity index (χ1n) is 5.72. The zero-order valence-corrected chi connectivity index (χ0v) is 10.5. The maximum absolute atomic E-state index is 11.2. The molecule has 1 aromatic rings. The van der Waals surface area contributed by atoms with Crippen molar-refractivity contribution < 1.29 is 9.90 Å². The van der Waals surface area contributed by atoms with E-state index in [2.05, 4.69) is 4.90 Å². The van der Waals surface area contributed by atoms with Crippen LogP contribution >= 0.6 is 11.6 Å². The van der Waals surface area contributed by atoms with Crippen molar-refractivity contribution in [3.8, 4) is 0 Å². The van der Waals surface area contributed by atoms with Gasteiger partial charge in [-0.15, -0.1) is 0 Å². The minimum Gasteiger partial charge on any atom is -0.481 e. The van der Waals surface area contributed by atoms with E-state index in [4.69, 9.17) is 11.6 Å². The van der Waals surface area contributed by atoms with E-state index in [1.165, 1.54) is 0 Å². The standard InChI is InChI=1S/C13H16ClNO2/c1-15-7-10(12(8-15)13(16)17)6-9-2-4-11(14)5-3-9/h2-5,10,12H,6-8H2,1H3,(H,16,17). The molecule has 1 aliphatic heterocycles. The number of carbonyl (C=O) groups is 1. The van der Waals surface area contributed by atoms with Crippen LogP contribution in [0, 0.1) is 11.8 Å². The Morgan fingerprint density at radius 1 is 1.41 bits per heavy atom. The highest BCUT2D eigenvalue weighted by Gasteiger charge is 2.35. The third kappa shape index (κ3) is 2.99. The van der Waals surface area contributed by atoms with E-state index in [1.54, 1.807) is 0 Å². The van der Waals surface area contributed by atoms with Crippen molar-refractivity contribution in [1.29, 1.82) is 0 Å². The molecule has 2 unspecified atom stereocenters. The molecule has 1 fully saturated rings. The number of likely N-dealkylation sites (tertiary alicyclic amines) is 1. The summed E-state index contributed by atoms with van der Waals surface area (Å²) in [5.74, 6) is -0.748. The smallest absolute Gasteiger partial charge is 0.308 e. The van der Waals surface area contributed by atoms with Crippen LogP contribution in [0.5, 0.6) is 0 Å². The van der Waals surface area contributed by atoms with Gasteiger partial charge in [0.2, 0.25) is 0 Å². The Labute approximate surface area is 106 Å². The third-order valence-corrected chi connectivity index (χ3v) is 3.60. The molecule has 0 spiro atoms. The zero-order chi connectivity index (χ0) is 12.4. The molecule has 17 heavy (non-hydrogen) atoms. The van der Waals surface area contributed by atoms with E-state index in [0.29, 0.717) is 11.6 Å². The molecule has 3 nitrogen and oxygen atoms in total. The molecule has 0 bridgehead atoms.